The summed E-state index contributed by atoms with van der Waals surface area (Å²) in [5, 5.41) is 3.19. The van der Waals surface area contributed by atoms with Crippen LogP contribution in [0.3, 0.4) is 0 Å². The lowest BCUT2D eigenvalue weighted by molar-refractivity contribution is 0.0551. The van der Waals surface area contributed by atoms with Crippen LogP contribution in [0.1, 0.15) is 19.4 Å². The summed E-state index contributed by atoms with van der Waals surface area (Å²) in [5.74, 6) is -1.48. The van der Waals surface area contributed by atoms with Crippen molar-refractivity contribution >= 4 is 22.0 Å². The smallest absolute Gasteiger partial charge is 0.410 e. The Balaban J connectivity index is 2.06. The second-order valence-electron chi connectivity index (χ2n) is 5.14. The van der Waals surface area contributed by atoms with Crippen molar-refractivity contribution in [3.8, 4) is 0 Å². The standard InChI is InChI=1S/C14H17BrF2N2O2/c1-8-5-18-6-9(2)19(8)14(20)21-7-10-12(16)4-3-11(15)13(10)17/h3-4,8-9,18H,5-7H2,1-2H3/t8-,9+. The number of halogens is 3. The van der Waals surface area contributed by atoms with Gasteiger partial charge in [0.1, 0.15) is 18.2 Å². The number of benzene rings is 1. The monoisotopic (exact) mass is 362 g/mol. The van der Waals surface area contributed by atoms with Gasteiger partial charge >= 0.3 is 6.09 Å². The van der Waals surface area contributed by atoms with Gasteiger partial charge in [-0.1, -0.05) is 0 Å². The largest absolute Gasteiger partial charge is 0.444 e. The highest BCUT2D eigenvalue weighted by molar-refractivity contribution is 9.10. The van der Waals surface area contributed by atoms with Crippen LogP contribution in [0.2, 0.25) is 0 Å². The van der Waals surface area contributed by atoms with Gasteiger partial charge in [0, 0.05) is 25.2 Å². The highest BCUT2D eigenvalue weighted by Gasteiger charge is 2.30. The third kappa shape index (κ3) is 3.52. The maximum Gasteiger partial charge on any atom is 0.410 e. The van der Waals surface area contributed by atoms with E-state index in [1.165, 1.54) is 6.07 Å². The van der Waals surface area contributed by atoms with Gasteiger partial charge in [0.25, 0.3) is 0 Å². The van der Waals surface area contributed by atoms with Gasteiger partial charge in [0.05, 0.1) is 10.0 Å². The summed E-state index contributed by atoms with van der Waals surface area (Å²) in [4.78, 5) is 13.7. The molecule has 1 N–H and O–H groups in total. The minimum absolute atomic E-state index is 0.0292. The molecule has 1 heterocycles. The lowest BCUT2D eigenvalue weighted by atomic mass is 10.1. The molecule has 4 nitrogen and oxygen atoms in total. The molecule has 1 fully saturated rings. The summed E-state index contributed by atoms with van der Waals surface area (Å²) >= 11 is 2.98. The van der Waals surface area contributed by atoms with Crippen molar-refractivity contribution in [3.63, 3.8) is 0 Å². The van der Waals surface area contributed by atoms with E-state index in [2.05, 4.69) is 21.2 Å². The van der Waals surface area contributed by atoms with Crippen LogP contribution in [0.5, 0.6) is 0 Å². The fraction of sp³-hybridized carbons (Fsp3) is 0.500. The Morgan fingerprint density at radius 3 is 2.62 bits per heavy atom. The van der Waals surface area contributed by atoms with Crippen molar-refractivity contribution in [2.75, 3.05) is 13.1 Å². The van der Waals surface area contributed by atoms with Crippen LogP contribution < -0.4 is 5.32 Å². The zero-order valence-corrected chi connectivity index (χ0v) is 13.4. The van der Waals surface area contributed by atoms with Crippen LogP contribution in [-0.4, -0.2) is 36.2 Å². The Bertz CT molecular complexity index is 532. The molecule has 116 valence electrons. The second-order valence-corrected chi connectivity index (χ2v) is 5.99. The van der Waals surface area contributed by atoms with E-state index < -0.39 is 24.3 Å². The molecular weight excluding hydrogens is 346 g/mol. The van der Waals surface area contributed by atoms with Gasteiger partial charge < -0.3 is 15.0 Å². The summed E-state index contributed by atoms with van der Waals surface area (Å²) in [7, 11) is 0. The molecule has 0 aliphatic carbocycles. The first-order valence-corrected chi connectivity index (χ1v) is 7.49. The zero-order chi connectivity index (χ0) is 15.6. The summed E-state index contributed by atoms with van der Waals surface area (Å²) in [6, 6.07) is 2.35. The fourth-order valence-corrected chi connectivity index (χ4v) is 2.77. The molecule has 0 saturated carbocycles. The van der Waals surface area contributed by atoms with E-state index in [9.17, 15) is 13.6 Å². The van der Waals surface area contributed by atoms with Gasteiger partial charge in [-0.2, -0.15) is 0 Å². The minimum Gasteiger partial charge on any atom is -0.444 e. The first-order valence-electron chi connectivity index (χ1n) is 6.70. The zero-order valence-electron chi connectivity index (χ0n) is 11.8. The second kappa shape index (κ2) is 6.70. The van der Waals surface area contributed by atoms with Crippen molar-refractivity contribution in [1.82, 2.24) is 10.2 Å². The van der Waals surface area contributed by atoms with Crippen LogP contribution >= 0.6 is 15.9 Å². The number of hydrogen-bond donors (Lipinski definition) is 1. The van der Waals surface area contributed by atoms with Crippen LogP contribution in [0.15, 0.2) is 16.6 Å². The first-order chi connectivity index (χ1) is 9.91. The Kier molecular flexibility index (Phi) is 5.16. The van der Waals surface area contributed by atoms with Crippen LogP contribution in [-0.2, 0) is 11.3 Å². The molecule has 1 aliphatic heterocycles. The molecule has 21 heavy (non-hydrogen) atoms. The van der Waals surface area contributed by atoms with E-state index in [-0.39, 0.29) is 22.1 Å². The molecule has 1 amide bonds. The van der Waals surface area contributed by atoms with Crippen molar-refractivity contribution in [2.45, 2.75) is 32.5 Å². The van der Waals surface area contributed by atoms with Gasteiger partial charge in [-0.3, -0.25) is 0 Å². The summed E-state index contributed by atoms with van der Waals surface area (Å²) in [6.07, 6.45) is -0.560. The van der Waals surface area contributed by atoms with E-state index >= 15 is 0 Å². The molecular formula is C14H17BrF2N2O2. The SMILES string of the molecule is C[C@@H]1CNC[C@H](C)N1C(=O)OCc1c(F)ccc(Br)c1F. The van der Waals surface area contributed by atoms with Crippen molar-refractivity contribution < 1.29 is 18.3 Å². The van der Waals surface area contributed by atoms with E-state index in [0.717, 1.165) is 6.07 Å². The Morgan fingerprint density at radius 2 is 2.00 bits per heavy atom. The maximum atomic E-state index is 13.8. The number of nitrogens with one attached hydrogen (secondary N) is 1. The minimum atomic E-state index is -0.746. The summed E-state index contributed by atoms with van der Waals surface area (Å²) in [5.41, 5.74) is -0.256. The number of carbonyl (C=O) groups is 1. The quantitative estimate of drug-likeness (QED) is 0.822. The van der Waals surface area contributed by atoms with Gasteiger partial charge in [0.15, 0.2) is 0 Å². The Hall–Kier alpha value is -1.21. The summed E-state index contributed by atoms with van der Waals surface area (Å²) in [6.45, 7) is 4.69. The molecule has 2 rings (SSSR count). The van der Waals surface area contributed by atoms with Crippen LogP contribution in [0.25, 0.3) is 0 Å². The third-order valence-corrected chi connectivity index (χ3v) is 4.13. The molecule has 2 atom stereocenters. The maximum absolute atomic E-state index is 13.8. The number of ether oxygens (including phenoxy) is 1. The number of carbonyl (C=O) groups excluding carboxylic acids is 1. The molecule has 0 unspecified atom stereocenters. The fourth-order valence-electron chi connectivity index (χ4n) is 2.40. The average Bonchev–Trinajstić information content (AvgIpc) is 2.43. The lowest BCUT2D eigenvalue weighted by Crippen LogP contribution is -2.57. The van der Waals surface area contributed by atoms with E-state index in [1.807, 2.05) is 13.8 Å². The van der Waals surface area contributed by atoms with Crippen molar-refractivity contribution in [2.24, 2.45) is 0 Å². The molecule has 0 radical (unpaired) electrons. The highest BCUT2D eigenvalue weighted by atomic mass is 79.9. The third-order valence-electron chi connectivity index (χ3n) is 3.52. The molecule has 1 aromatic rings. The van der Waals surface area contributed by atoms with Crippen molar-refractivity contribution in [3.05, 3.63) is 33.8 Å². The van der Waals surface area contributed by atoms with E-state index in [4.69, 9.17) is 4.74 Å². The van der Waals surface area contributed by atoms with E-state index in [0.29, 0.717) is 13.1 Å². The highest BCUT2D eigenvalue weighted by Crippen LogP contribution is 2.23. The molecule has 7 heteroatoms. The van der Waals surface area contributed by atoms with Gasteiger partial charge in [-0.05, 0) is 41.9 Å². The topological polar surface area (TPSA) is 41.6 Å². The molecule has 0 aromatic heterocycles. The number of amides is 1. The predicted octanol–water partition coefficient (Wildman–Crippen LogP) is 3.05. The number of piperazine rings is 1. The summed E-state index contributed by atoms with van der Waals surface area (Å²) < 4.78 is 32.6. The average molecular weight is 363 g/mol. The number of hydrogen-bond acceptors (Lipinski definition) is 3. The number of nitrogens with zero attached hydrogens (tertiary/aromatic N) is 1. The first kappa shape index (κ1) is 16.2. The molecule has 1 saturated heterocycles. The number of rotatable bonds is 2. The van der Waals surface area contributed by atoms with Gasteiger partial charge in [0.2, 0.25) is 0 Å². The Labute approximate surface area is 130 Å². The molecule has 1 aliphatic rings. The molecule has 0 bridgehead atoms. The van der Waals surface area contributed by atoms with Gasteiger partial charge in [-0.15, -0.1) is 0 Å². The Morgan fingerprint density at radius 1 is 1.38 bits per heavy atom. The van der Waals surface area contributed by atoms with E-state index in [1.54, 1.807) is 4.90 Å². The van der Waals surface area contributed by atoms with Crippen LogP contribution in [0, 0.1) is 11.6 Å². The molecule has 0 spiro atoms. The van der Waals surface area contributed by atoms with Gasteiger partial charge in [-0.25, -0.2) is 13.6 Å². The normalized spacial score (nSPS) is 22.2. The molecule has 1 aromatic carbocycles. The predicted molar refractivity (Wildman–Crippen MR) is 77.9 cm³/mol. The van der Waals surface area contributed by atoms with Crippen molar-refractivity contribution in [1.29, 1.82) is 0 Å². The van der Waals surface area contributed by atoms with Crippen LogP contribution in [0.4, 0.5) is 13.6 Å². The lowest BCUT2D eigenvalue weighted by Gasteiger charge is -2.38.